The van der Waals surface area contributed by atoms with Gasteiger partial charge in [-0.1, -0.05) is 20.8 Å². The van der Waals surface area contributed by atoms with Crippen molar-refractivity contribution in [2.24, 2.45) is 13.0 Å². The average Bonchev–Trinajstić information content (AvgIpc) is 2.98. The Morgan fingerprint density at radius 3 is 2.90 bits per heavy atom. The summed E-state index contributed by atoms with van der Waals surface area (Å²) in [5, 5.41) is 8.18. The molecule has 1 aliphatic heterocycles. The maximum atomic E-state index is 4.57. The highest BCUT2D eigenvalue weighted by molar-refractivity contribution is 5.16. The second-order valence-electron chi connectivity index (χ2n) is 6.51. The van der Waals surface area contributed by atoms with Gasteiger partial charge in [0.05, 0.1) is 5.69 Å². The molecular formula is C16H30N4. The van der Waals surface area contributed by atoms with Crippen LogP contribution in [0, 0.1) is 5.92 Å². The molecule has 1 fully saturated rings. The average molecular weight is 278 g/mol. The van der Waals surface area contributed by atoms with Crippen molar-refractivity contribution < 1.29 is 0 Å². The first-order valence-corrected chi connectivity index (χ1v) is 8.05. The summed E-state index contributed by atoms with van der Waals surface area (Å²) in [5.41, 5.74) is 2.65. The van der Waals surface area contributed by atoms with Crippen LogP contribution in [0.5, 0.6) is 0 Å². The topological polar surface area (TPSA) is 33.1 Å². The van der Waals surface area contributed by atoms with Crippen molar-refractivity contribution in [1.29, 1.82) is 0 Å². The predicted molar refractivity (Wildman–Crippen MR) is 83.7 cm³/mol. The van der Waals surface area contributed by atoms with Crippen LogP contribution < -0.4 is 5.32 Å². The molecule has 1 aromatic heterocycles. The van der Waals surface area contributed by atoms with E-state index < -0.39 is 0 Å². The number of nitrogens with one attached hydrogen (secondary N) is 1. The molecule has 1 saturated heterocycles. The van der Waals surface area contributed by atoms with E-state index in [9.17, 15) is 0 Å². The zero-order chi connectivity index (χ0) is 14.5. The Morgan fingerprint density at radius 2 is 2.30 bits per heavy atom. The Bertz CT molecular complexity index is 405. The van der Waals surface area contributed by atoms with E-state index >= 15 is 0 Å². The monoisotopic (exact) mass is 278 g/mol. The summed E-state index contributed by atoms with van der Waals surface area (Å²) in [6.07, 6.45) is 5.86. The lowest BCUT2D eigenvalue weighted by molar-refractivity contribution is 0.215. The Balaban J connectivity index is 2.01. The van der Waals surface area contributed by atoms with Crippen LogP contribution in [0.15, 0.2) is 6.20 Å². The number of hydrogen-bond acceptors (Lipinski definition) is 3. The molecule has 1 N–H and O–H groups in total. The third-order valence-corrected chi connectivity index (χ3v) is 3.98. The summed E-state index contributed by atoms with van der Waals surface area (Å²) in [4.78, 5) is 2.60. The van der Waals surface area contributed by atoms with E-state index in [4.69, 9.17) is 0 Å². The highest BCUT2D eigenvalue weighted by atomic mass is 15.3. The standard InChI is InChI=1S/C16H30N4/c1-5-16-14(10-19(4)18-16)11-20(9-13(2)3)12-15-7-6-8-17-15/h10,13,15,17H,5-9,11-12H2,1-4H3. The van der Waals surface area contributed by atoms with Crippen LogP contribution in [-0.2, 0) is 20.0 Å². The van der Waals surface area contributed by atoms with Gasteiger partial charge in [0.25, 0.3) is 0 Å². The quantitative estimate of drug-likeness (QED) is 0.830. The van der Waals surface area contributed by atoms with Gasteiger partial charge in [-0.25, -0.2) is 0 Å². The van der Waals surface area contributed by atoms with Gasteiger partial charge in [0, 0.05) is 44.5 Å². The van der Waals surface area contributed by atoms with Crippen LogP contribution in [0.4, 0.5) is 0 Å². The SMILES string of the molecule is CCc1nn(C)cc1CN(CC(C)C)CC1CCCN1. The zero-order valence-corrected chi connectivity index (χ0v) is 13.5. The van der Waals surface area contributed by atoms with Gasteiger partial charge < -0.3 is 5.32 Å². The molecule has 1 atom stereocenters. The molecule has 2 heterocycles. The first kappa shape index (κ1) is 15.5. The van der Waals surface area contributed by atoms with Crippen LogP contribution >= 0.6 is 0 Å². The molecule has 1 unspecified atom stereocenters. The molecule has 1 aromatic rings. The van der Waals surface area contributed by atoms with Crippen molar-refractivity contribution in [3.05, 3.63) is 17.5 Å². The van der Waals surface area contributed by atoms with Crippen LogP contribution in [0.25, 0.3) is 0 Å². The van der Waals surface area contributed by atoms with Gasteiger partial charge in [-0.3, -0.25) is 9.58 Å². The Morgan fingerprint density at radius 1 is 1.50 bits per heavy atom. The fourth-order valence-electron chi connectivity index (χ4n) is 3.20. The van der Waals surface area contributed by atoms with Crippen LogP contribution in [0.1, 0.15) is 44.9 Å². The van der Waals surface area contributed by atoms with E-state index in [1.54, 1.807) is 0 Å². The molecule has 0 radical (unpaired) electrons. The van der Waals surface area contributed by atoms with E-state index in [1.807, 2.05) is 11.7 Å². The second kappa shape index (κ2) is 7.23. The number of aryl methyl sites for hydroxylation is 2. The molecule has 1 aliphatic rings. The summed E-state index contributed by atoms with van der Waals surface area (Å²) in [5.74, 6) is 0.707. The fraction of sp³-hybridized carbons (Fsp3) is 0.812. The number of rotatable bonds is 7. The molecule has 0 bridgehead atoms. The number of aromatic nitrogens is 2. The van der Waals surface area contributed by atoms with Crippen LogP contribution in [0.2, 0.25) is 0 Å². The van der Waals surface area contributed by atoms with E-state index in [0.717, 1.165) is 26.1 Å². The second-order valence-corrected chi connectivity index (χ2v) is 6.51. The maximum Gasteiger partial charge on any atom is 0.0666 e. The van der Waals surface area contributed by atoms with E-state index in [2.05, 4.69) is 42.3 Å². The summed E-state index contributed by atoms with van der Waals surface area (Å²) in [6, 6.07) is 0.676. The van der Waals surface area contributed by atoms with E-state index in [0.29, 0.717) is 12.0 Å². The molecule has 4 nitrogen and oxygen atoms in total. The van der Waals surface area contributed by atoms with Gasteiger partial charge in [-0.2, -0.15) is 5.10 Å². The summed E-state index contributed by atoms with van der Waals surface area (Å²) in [6.45, 7) is 11.3. The number of nitrogens with zero attached hydrogens (tertiary/aromatic N) is 3. The van der Waals surface area contributed by atoms with Crippen molar-refractivity contribution in [2.75, 3.05) is 19.6 Å². The van der Waals surface area contributed by atoms with E-state index in [1.165, 1.54) is 30.6 Å². The molecule has 0 spiro atoms. The Kier molecular flexibility index (Phi) is 5.61. The molecule has 0 aromatic carbocycles. The molecule has 114 valence electrons. The molecule has 0 amide bonds. The molecule has 0 aliphatic carbocycles. The molecular weight excluding hydrogens is 248 g/mol. The van der Waals surface area contributed by atoms with Gasteiger partial charge in [0.15, 0.2) is 0 Å². The van der Waals surface area contributed by atoms with Crippen LogP contribution in [-0.4, -0.2) is 40.4 Å². The molecule has 20 heavy (non-hydrogen) atoms. The molecule has 2 rings (SSSR count). The largest absolute Gasteiger partial charge is 0.313 e. The number of hydrogen-bond donors (Lipinski definition) is 1. The lowest BCUT2D eigenvalue weighted by Gasteiger charge is -2.27. The fourth-order valence-corrected chi connectivity index (χ4v) is 3.20. The van der Waals surface area contributed by atoms with Crippen molar-refractivity contribution in [1.82, 2.24) is 20.0 Å². The van der Waals surface area contributed by atoms with Gasteiger partial charge in [0.1, 0.15) is 0 Å². The minimum absolute atomic E-state index is 0.676. The minimum Gasteiger partial charge on any atom is -0.313 e. The Labute approximate surface area is 123 Å². The van der Waals surface area contributed by atoms with Crippen molar-refractivity contribution >= 4 is 0 Å². The third-order valence-electron chi connectivity index (χ3n) is 3.98. The summed E-state index contributed by atoms with van der Waals surface area (Å²) in [7, 11) is 2.02. The smallest absolute Gasteiger partial charge is 0.0666 e. The molecule has 0 saturated carbocycles. The van der Waals surface area contributed by atoms with Gasteiger partial charge in [0.2, 0.25) is 0 Å². The van der Waals surface area contributed by atoms with Crippen molar-refractivity contribution in [3.8, 4) is 0 Å². The Hall–Kier alpha value is -0.870. The first-order chi connectivity index (χ1) is 9.58. The first-order valence-electron chi connectivity index (χ1n) is 8.05. The van der Waals surface area contributed by atoms with Gasteiger partial charge >= 0.3 is 0 Å². The lowest BCUT2D eigenvalue weighted by atomic mass is 10.1. The molecule has 4 heteroatoms. The normalized spacial score (nSPS) is 19.4. The van der Waals surface area contributed by atoms with E-state index in [-0.39, 0.29) is 0 Å². The highest BCUT2D eigenvalue weighted by Gasteiger charge is 2.20. The van der Waals surface area contributed by atoms with Crippen LogP contribution in [0.3, 0.4) is 0 Å². The summed E-state index contributed by atoms with van der Waals surface area (Å²) < 4.78 is 1.95. The highest BCUT2D eigenvalue weighted by Crippen LogP contribution is 2.15. The van der Waals surface area contributed by atoms with Gasteiger partial charge in [-0.05, 0) is 31.7 Å². The predicted octanol–water partition coefficient (Wildman–Crippen LogP) is 2.19. The minimum atomic E-state index is 0.676. The lowest BCUT2D eigenvalue weighted by Crippen LogP contribution is -2.39. The third kappa shape index (κ3) is 4.32. The van der Waals surface area contributed by atoms with Gasteiger partial charge in [-0.15, -0.1) is 0 Å². The maximum absolute atomic E-state index is 4.57. The zero-order valence-electron chi connectivity index (χ0n) is 13.5. The summed E-state index contributed by atoms with van der Waals surface area (Å²) >= 11 is 0. The van der Waals surface area contributed by atoms with Crippen molar-refractivity contribution in [2.45, 2.75) is 52.6 Å². The van der Waals surface area contributed by atoms with Crippen molar-refractivity contribution in [3.63, 3.8) is 0 Å².